The molecule has 0 radical (unpaired) electrons. The zero-order valence-electron chi connectivity index (χ0n) is 15.2. The Kier molecular flexibility index (Phi) is 5.73. The van der Waals surface area contributed by atoms with E-state index in [4.69, 9.17) is 4.74 Å². The molecular weight excluding hydrogens is 330 g/mol. The number of nitrogens with zero attached hydrogens (tertiary/aromatic N) is 1. The van der Waals surface area contributed by atoms with Crippen molar-refractivity contribution >= 4 is 11.7 Å². The Bertz CT molecular complexity index is 761. The van der Waals surface area contributed by atoms with E-state index >= 15 is 0 Å². The molecule has 1 aliphatic heterocycles. The molecule has 1 fully saturated rings. The Morgan fingerprint density at radius 2 is 1.92 bits per heavy atom. The number of nitrogens with one attached hydrogen (secondary N) is 2. The normalized spacial score (nSPS) is 15.6. The number of amides is 1. The molecule has 26 heavy (non-hydrogen) atoms. The fourth-order valence-corrected chi connectivity index (χ4v) is 3.35. The van der Waals surface area contributed by atoms with E-state index in [1.165, 1.54) is 19.8 Å². The SMILES string of the molecule is COc1ccc([C@@H](CNC(=O)c2cc(C(C)=O)c[nH]2)N2CCCC2)cc1. The molecule has 2 heterocycles. The van der Waals surface area contributed by atoms with Gasteiger partial charge in [0.15, 0.2) is 5.78 Å². The first-order valence-corrected chi connectivity index (χ1v) is 8.94. The third kappa shape index (κ3) is 4.14. The van der Waals surface area contributed by atoms with Crippen LogP contribution in [0.3, 0.4) is 0 Å². The van der Waals surface area contributed by atoms with Crippen molar-refractivity contribution in [2.45, 2.75) is 25.8 Å². The summed E-state index contributed by atoms with van der Waals surface area (Å²) in [6.45, 7) is 4.06. The van der Waals surface area contributed by atoms with Gasteiger partial charge >= 0.3 is 0 Å². The number of rotatable bonds is 7. The summed E-state index contributed by atoms with van der Waals surface area (Å²) >= 11 is 0. The number of Topliss-reactive ketones (excluding diaryl/α,β-unsaturated/α-hetero) is 1. The predicted molar refractivity (Wildman–Crippen MR) is 99.7 cm³/mol. The average molecular weight is 355 g/mol. The highest BCUT2D eigenvalue weighted by Gasteiger charge is 2.24. The molecule has 1 amide bonds. The number of benzene rings is 1. The van der Waals surface area contributed by atoms with E-state index in [0.29, 0.717) is 17.8 Å². The van der Waals surface area contributed by atoms with E-state index in [2.05, 4.69) is 27.3 Å². The van der Waals surface area contributed by atoms with Gasteiger partial charge < -0.3 is 15.0 Å². The third-order valence-corrected chi connectivity index (χ3v) is 4.87. The molecule has 138 valence electrons. The number of hydrogen-bond acceptors (Lipinski definition) is 4. The molecule has 1 saturated heterocycles. The summed E-state index contributed by atoms with van der Waals surface area (Å²) in [6, 6.07) is 9.71. The summed E-state index contributed by atoms with van der Waals surface area (Å²) in [4.78, 5) is 29.1. The summed E-state index contributed by atoms with van der Waals surface area (Å²) in [5.41, 5.74) is 2.08. The number of likely N-dealkylation sites (tertiary alicyclic amines) is 1. The Labute approximate surface area is 153 Å². The molecule has 0 spiro atoms. The number of carbonyl (C=O) groups excluding carboxylic acids is 2. The third-order valence-electron chi connectivity index (χ3n) is 4.87. The van der Waals surface area contributed by atoms with Crippen LogP contribution in [-0.2, 0) is 0 Å². The summed E-state index contributed by atoms with van der Waals surface area (Å²) in [6.07, 6.45) is 3.93. The van der Waals surface area contributed by atoms with Crippen LogP contribution in [0.15, 0.2) is 36.5 Å². The van der Waals surface area contributed by atoms with Gasteiger partial charge in [-0.15, -0.1) is 0 Å². The van der Waals surface area contributed by atoms with E-state index in [0.717, 1.165) is 24.4 Å². The summed E-state index contributed by atoms with van der Waals surface area (Å²) in [5.74, 6) is 0.560. The van der Waals surface area contributed by atoms with Crippen molar-refractivity contribution in [2.24, 2.45) is 0 Å². The van der Waals surface area contributed by atoms with Crippen LogP contribution in [0.2, 0.25) is 0 Å². The van der Waals surface area contributed by atoms with Crippen molar-refractivity contribution in [3.63, 3.8) is 0 Å². The number of aromatic nitrogens is 1. The van der Waals surface area contributed by atoms with Crippen LogP contribution in [-0.4, -0.2) is 48.3 Å². The molecule has 2 N–H and O–H groups in total. The van der Waals surface area contributed by atoms with Gasteiger partial charge in [-0.1, -0.05) is 12.1 Å². The van der Waals surface area contributed by atoms with Crippen LogP contribution >= 0.6 is 0 Å². The quantitative estimate of drug-likeness (QED) is 0.749. The van der Waals surface area contributed by atoms with Crippen LogP contribution in [0, 0.1) is 0 Å². The molecule has 0 bridgehead atoms. The zero-order valence-corrected chi connectivity index (χ0v) is 15.2. The van der Waals surface area contributed by atoms with Gasteiger partial charge in [-0.2, -0.15) is 0 Å². The molecule has 1 aromatic heterocycles. The number of carbonyl (C=O) groups is 2. The lowest BCUT2D eigenvalue weighted by molar-refractivity contribution is 0.0933. The predicted octanol–water partition coefficient (Wildman–Crippen LogP) is 2.79. The zero-order chi connectivity index (χ0) is 18.5. The summed E-state index contributed by atoms with van der Waals surface area (Å²) in [7, 11) is 1.65. The standard InChI is InChI=1S/C20H25N3O3/c1-14(24)16-11-18(21-12-16)20(25)22-13-19(23-9-3-4-10-23)15-5-7-17(26-2)8-6-15/h5-8,11-12,19,21H,3-4,9-10,13H2,1-2H3,(H,22,25)/t19-/m1/s1. The first-order chi connectivity index (χ1) is 12.6. The lowest BCUT2D eigenvalue weighted by atomic mass is 10.1. The van der Waals surface area contributed by atoms with Gasteiger partial charge in [-0.05, 0) is 56.6 Å². The highest BCUT2D eigenvalue weighted by atomic mass is 16.5. The number of hydrogen-bond donors (Lipinski definition) is 2. The minimum absolute atomic E-state index is 0.0616. The van der Waals surface area contributed by atoms with Crippen molar-refractivity contribution in [3.8, 4) is 5.75 Å². The Morgan fingerprint density at radius 1 is 1.23 bits per heavy atom. The highest BCUT2D eigenvalue weighted by Crippen LogP contribution is 2.26. The van der Waals surface area contributed by atoms with Gasteiger partial charge in [0, 0.05) is 18.3 Å². The van der Waals surface area contributed by atoms with Crippen molar-refractivity contribution in [3.05, 3.63) is 53.3 Å². The molecule has 0 aliphatic carbocycles. The molecule has 2 aromatic rings. The Morgan fingerprint density at radius 3 is 2.50 bits per heavy atom. The van der Waals surface area contributed by atoms with Crippen molar-refractivity contribution in [2.75, 3.05) is 26.7 Å². The van der Waals surface area contributed by atoms with E-state index < -0.39 is 0 Å². The molecule has 0 saturated carbocycles. The van der Waals surface area contributed by atoms with Gasteiger partial charge in [-0.25, -0.2) is 0 Å². The van der Waals surface area contributed by atoms with Crippen LogP contribution < -0.4 is 10.1 Å². The molecule has 1 aromatic carbocycles. The number of methoxy groups -OCH3 is 1. The van der Waals surface area contributed by atoms with Gasteiger partial charge in [-0.3, -0.25) is 14.5 Å². The molecule has 6 heteroatoms. The topological polar surface area (TPSA) is 74.4 Å². The van der Waals surface area contributed by atoms with Crippen molar-refractivity contribution in [1.29, 1.82) is 0 Å². The fraction of sp³-hybridized carbons (Fsp3) is 0.400. The number of ether oxygens (including phenoxy) is 1. The first-order valence-electron chi connectivity index (χ1n) is 8.94. The average Bonchev–Trinajstić information content (AvgIpc) is 3.34. The van der Waals surface area contributed by atoms with Gasteiger partial charge in [0.1, 0.15) is 11.4 Å². The van der Waals surface area contributed by atoms with E-state index in [-0.39, 0.29) is 17.7 Å². The van der Waals surface area contributed by atoms with Gasteiger partial charge in [0.2, 0.25) is 0 Å². The number of ketones is 1. The van der Waals surface area contributed by atoms with Gasteiger partial charge in [0.25, 0.3) is 5.91 Å². The second-order valence-electron chi connectivity index (χ2n) is 6.60. The molecule has 0 unspecified atom stereocenters. The van der Waals surface area contributed by atoms with Gasteiger partial charge in [0.05, 0.1) is 13.2 Å². The second kappa shape index (κ2) is 8.19. The van der Waals surface area contributed by atoms with Crippen LogP contribution in [0.1, 0.15) is 52.2 Å². The lowest BCUT2D eigenvalue weighted by Crippen LogP contribution is -2.36. The Hall–Kier alpha value is -2.60. The van der Waals surface area contributed by atoms with E-state index in [1.54, 1.807) is 19.4 Å². The lowest BCUT2D eigenvalue weighted by Gasteiger charge is -2.28. The molecule has 1 aliphatic rings. The molecule has 6 nitrogen and oxygen atoms in total. The monoisotopic (exact) mass is 355 g/mol. The molecule has 3 rings (SSSR count). The maximum absolute atomic E-state index is 12.4. The van der Waals surface area contributed by atoms with Crippen molar-refractivity contribution < 1.29 is 14.3 Å². The highest BCUT2D eigenvalue weighted by molar-refractivity contribution is 5.99. The minimum Gasteiger partial charge on any atom is -0.497 e. The van der Waals surface area contributed by atoms with Crippen LogP contribution in [0.4, 0.5) is 0 Å². The minimum atomic E-state index is -0.199. The number of H-pyrrole nitrogens is 1. The molecular formula is C20H25N3O3. The second-order valence-corrected chi connectivity index (χ2v) is 6.60. The van der Waals surface area contributed by atoms with Crippen LogP contribution in [0.25, 0.3) is 0 Å². The summed E-state index contributed by atoms with van der Waals surface area (Å²) in [5, 5.41) is 3.00. The van der Waals surface area contributed by atoms with Crippen molar-refractivity contribution in [1.82, 2.24) is 15.2 Å². The molecule has 1 atom stereocenters. The maximum atomic E-state index is 12.4. The van der Waals surface area contributed by atoms with E-state index in [1.807, 2.05) is 12.1 Å². The Balaban J connectivity index is 1.70. The summed E-state index contributed by atoms with van der Waals surface area (Å²) < 4.78 is 5.24. The van der Waals surface area contributed by atoms with Crippen LogP contribution in [0.5, 0.6) is 5.75 Å². The van der Waals surface area contributed by atoms with E-state index in [9.17, 15) is 9.59 Å². The number of aromatic amines is 1. The first kappa shape index (κ1) is 18.2. The largest absolute Gasteiger partial charge is 0.497 e. The fourth-order valence-electron chi connectivity index (χ4n) is 3.35. The maximum Gasteiger partial charge on any atom is 0.267 e. The smallest absolute Gasteiger partial charge is 0.267 e.